The summed E-state index contributed by atoms with van der Waals surface area (Å²) < 4.78 is 0. The van der Waals surface area contributed by atoms with Crippen LogP contribution < -0.4 is 185 Å². The second-order valence-electron chi connectivity index (χ2n) is 4.28. The molecule has 0 aromatic carbocycles. The average molecular weight is 569 g/mol. The fourth-order valence-corrected chi connectivity index (χ4v) is 0. The number of rotatable bonds is 4. The van der Waals surface area contributed by atoms with E-state index in [0.717, 1.165) is 27.7 Å². The minimum atomic E-state index is -1.08. The molecule has 16 N–H and O–H groups in total. The summed E-state index contributed by atoms with van der Waals surface area (Å²) in [6.45, 7) is 8.67. The standard InChI is InChI=1S/4C2H8N2.4C2H4O2.4Na/c4*3-1-2-4;4*1-2(3)4;;;;/h4*1-4H2;4*1H3,(H,3,4);;;;/q;;;;;;;;4*+1/p-4. The van der Waals surface area contributed by atoms with Gasteiger partial charge in [-0.1, -0.05) is 0 Å². The molecule has 0 saturated carbocycles. The fraction of sp³-hybridized carbons (Fsp3) is 0.750. The van der Waals surface area contributed by atoms with Crippen LogP contribution in [0.5, 0.6) is 0 Å². The van der Waals surface area contributed by atoms with Gasteiger partial charge >= 0.3 is 118 Å². The number of hydrogen-bond donors (Lipinski definition) is 8. The summed E-state index contributed by atoms with van der Waals surface area (Å²) in [7, 11) is 0. The predicted molar refractivity (Wildman–Crippen MR) is 115 cm³/mol. The van der Waals surface area contributed by atoms with Crippen molar-refractivity contribution in [1.29, 1.82) is 0 Å². The third kappa shape index (κ3) is 1370. The van der Waals surface area contributed by atoms with Gasteiger partial charge in [-0.3, -0.25) is 0 Å². The fourth-order valence-electron chi connectivity index (χ4n) is 0. The van der Waals surface area contributed by atoms with Crippen molar-refractivity contribution >= 4 is 23.9 Å². The van der Waals surface area contributed by atoms with Crippen LogP contribution in [0.4, 0.5) is 0 Å². The normalized spacial score (nSPS) is 6.11. The van der Waals surface area contributed by atoms with E-state index in [-0.39, 0.29) is 118 Å². The molecule has 20 heteroatoms. The number of hydrogen-bond acceptors (Lipinski definition) is 16. The minimum Gasteiger partial charge on any atom is -0.550 e. The van der Waals surface area contributed by atoms with Crippen LogP contribution in [-0.2, 0) is 19.2 Å². The third-order valence-electron chi connectivity index (χ3n) is 0.667. The van der Waals surface area contributed by atoms with Gasteiger partial charge in [-0.05, 0) is 27.7 Å². The molecular weight excluding hydrogens is 524 g/mol. The number of carboxylic acid groups (broad SMARTS) is 4. The maximum atomic E-state index is 8.89. The first-order valence-corrected chi connectivity index (χ1v) is 8.90. The predicted octanol–water partition coefficient (Wildman–Crippen LogP) is -21.3. The molecule has 0 fully saturated rings. The van der Waals surface area contributed by atoms with E-state index in [4.69, 9.17) is 85.5 Å². The monoisotopic (exact) mass is 568 g/mol. The molecule has 16 nitrogen and oxygen atoms in total. The van der Waals surface area contributed by atoms with Gasteiger partial charge in [0.1, 0.15) is 0 Å². The summed E-state index contributed by atoms with van der Waals surface area (Å²) >= 11 is 0. The van der Waals surface area contributed by atoms with Crippen molar-refractivity contribution in [1.82, 2.24) is 0 Å². The van der Waals surface area contributed by atoms with Gasteiger partial charge in [0.25, 0.3) is 0 Å². The average Bonchev–Trinajstić information content (AvgIpc) is 2.66. The Kier molecular flexibility index (Phi) is 212. The smallest absolute Gasteiger partial charge is 0.550 e. The molecule has 0 bridgehead atoms. The van der Waals surface area contributed by atoms with Gasteiger partial charge in [0.2, 0.25) is 0 Å². The second kappa shape index (κ2) is 99.5. The van der Waals surface area contributed by atoms with E-state index in [1.165, 1.54) is 0 Å². The van der Waals surface area contributed by atoms with E-state index in [2.05, 4.69) is 0 Å². The van der Waals surface area contributed by atoms with Crippen molar-refractivity contribution in [3.63, 3.8) is 0 Å². The van der Waals surface area contributed by atoms with Crippen LogP contribution in [0.3, 0.4) is 0 Å². The summed E-state index contributed by atoms with van der Waals surface area (Å²) in [4.78, 5) is 35.6. The largest absolute Gasteiger partial charge is 1.00 e. The Morgan fingerprint density at radius 3 is 0.389 bits per heavy atom. The molecule has 0 aromatic rings. The first-order valence-electron chi connectivity index (χ1n) is 8.90. The second-order valence-corrected chi connectivity index (χ2v) is 4.28. The zero-order valence-electron chi connectivity index (χ0n) is 23.5. The van der Waals surface area contributed by atoms with Gasteiger partial charge in [0, 0.05) is 76.2 Å². The molecule has 0 aliphatic carbocycles. The Morgan fingerprint density at radius 2 is 0.389 bits per heavy atom. The van der Waals surface area contributed by atoms with Gasteiger partial charge in [-0.15, -0.1) is 0 Å². The van der Waals surface area contributed by atoms with Crippen molar-refractivity contribution in [3.05, 3.63) is 0 Å². The van der Waals surface area contributed by atoms with E-state index in [9.17, 15) is 0 Å². The molecule has 0 heterocycles. The van der Waals surface area contributed by atoms with Gasteiger partial charge in [-0.25, -0.2) is 0 Å². The number of carbonyl (C=O) groups is 4. The molecule has 0 aliphatic rings. The first kappa shape index (κ1) is 76.8. The van der Waals surface area contributed by atoms with E-state index in [0.29, 0.717) is 52.4 Å². The van der Waals surface area contributed by atoms with Gasteiger partial charge < -0.3 is 85.5 Å². The Balaban J connectivity index is -0.0000000180. The van der Waals surface area contributed by atoms with Crippen molar-refractivity contribution in [2.45, 2.75) is 27.7 Å². The molecule has 200 valence electrons. The molecule has 0 rings (SSSR count). The summed E-state index contributed by atoms with van der Waals surface area (Å²) in [5.74, 6) is -4.33. The van der Waals surface area contributed by atoms with E-state index < -0.39 is 23.9 Å². The summed E-state index contributed by atoms with van der Waals surface area (Å²) in [5.41, 5.74) is 39.2. The molecular formula is C16H44N8Na4O8. The van der Waals surface area contributed by atoms with Crippen LogP contribution in [-0.4, -0.2) is 76.2 Å². The number of aliphatic carboxylic acids is 4. The summed E-state index contributed by atoms with van der Waals surface area (Å²) in [5, 5.41) is 35.6. The SMILES string of the molecule is CC(=O)[O-].CC(=O)[O-].CC(=O)[O-].CC(=O)[O-].NCCN.NCCN.NCCN.NCCN.[Na+].[Na+].[Na+].[Na+]. The Labute approximate surface area is 303 Å². The van der Waals surface area contributed by atoms with Crippen LogP contribution in [0.1, 0.15) is 27.7 Å². The quantitative estimate of drug-likeness (QED) is 0.146. The Bertz CT molecular complexity index is 282. The van der Waals surface area contributed by atoms with E-state index >= 15 is 0 Å². The van der Waals surface area contributed by atoms with E-state index in [1.54, 1.807) is 0 Å². The summed E-state index contributed by atoms with van der Waals surface area (Å²) in [6, 6.07) is 0. The van der Waals surface area contributed by atoms with Crippen molar-refractivity contribution in [3.8, 4) is 0 Å². The zero-order valence-corrected chi connectivity index (χ0v) is 31.5. The number of carbonyl (C=O) groups excluding carboxylic acids is 4. The van der Waals surface area contributed by atoms with Gasteiger partial charge in [-0.2, -0.15) is 0 Å². The molecule has 0 saturated heterocycles. The van der Waals surface area contributed by atoms with Crippen molar-refractivity contribution < 1.29 is 158 Å². The zero-order chi connectivity index (χ0) is 28.0. The molecule has 0 atom stereocenters. The van der Waals surface area contributed by atoms with Crippen LogP contribution >= 0.6 is 0 Å². The Hall–Kier alpha value is 1.56. The molecule has 0 amide bonds. The summed E-state index contributed by atoms with van der Waals surface area (Å²) in [6.07, 6.45) is 0. The van der Waals surface area contributed by atoms with Crippen LogP contribution in [0.2, 0.25) is 0 Å². The minimum absolute atomic E-state index is 0. The van der Waals surface area contributed by atoms with Crippen LogP contribution in [0.15, 0.2) is 0 Å². The van der Waals surface area contributed by atoms with Crippen molar-refractivity contribution in [2.24, 2.45) is 45.9 Å². The van der Waals surface area contributed by atoms with Crippen LogP contribution in [0.25, 0.3) is 0 Å². The van der Waals surface area contributed by atoms with Gasteiger partial charge in [0.15, 0.2) is 0 Å². The maximum absolute atomic E-state index is 8.89. The molecule has 0 radical (unpaired) electrons. The third-order valence-corrected chi connectivity index (χ3v) is 0.667. The molecule has 36 heavy (non-hydrogen) atoms. The molecule has 0 aromatic heterocycles. The molecule has 0 unspecified atom stereocenters. The first-order chi connectivity index (χ1) is 14.6. The number of nitrogens with two attached hydrogens (primary N) is 8. The van der Waals surface area contributed by atoms with Crippen LogP contribution in [0, 0.1) is 0 Å². The number of carboxylic acids is 4. The van der Waals surface area contributed by atoms with Crippen molar-refractivity contribution in [2.75, 3.05) is 52.4 Å². The maximum Gasteiger partial charge on any atom is 1.00 e. The molecule has 0 spiro atoms. The van der Waals surface area contributed by atoms with E-state index in [1.807, 2.05) is 0 Å². The van der Waals surface area contributed by atoms with Gasteiger partial charge in [0.05, 0.1) is 0 Å². The Morgan fingerprint density at radius 1 is 0.361 bits per heavy atom. The molecule has 0 aliphatic heterocycles. The topological polar surface area (TPSA) is 369 Å².